The lowest BCUT2D eigenvalue weighted by Crippen LogP contribution is -2.35. The number of hydrogen-bond donors (Lipinski definition) is 1. The molecule has 0 aromatic heterocycles. The third kappa shape index (κ3) is 5.86. The fourth-order valence-electron chi connectivity index (χ4n) is 3.19. The van der Waals surface area contributed by atoms with Gasteiger partial charge in [-0.3, -0.25) is 4.79 Å². The fourth-order valence-corrected chi connectivity index (χ4v) is 4.76. The molecule has 1 amide bonds. The van der Waals surface area contributed by atoms with Crippen LogP contribution in [0.1, 0.15) is 42.1 Å². The number of halogens is 2. The van der Waals surface area contributed by atoms with Gasteiger partial charge in [-0.2, -0.15) is 18.2 Å². The topological polar surface area (TPSA) is 88.1 Å². The smallest absolute Gasteiger partial charge is 0.387 e. The predicted molar refractivity (Wildman–Crippen MR) is 112 cm³/mol. The van der Waals surface area contributed by atoms with E-state index < -0.39 is 22.5 Å². The molecule has 10 heteroatoms. The van der Waals surface area contributed by atoms with Gasteiger partial charge in [0, 0.05) is 18.7 Å². The minimum Gasteiger partial charge on any atom is -0.435 e. The van der Waals surface area contributed by atoms with E-state index in [-0.39, 0.29) is 16.2 Å². The average Bonchev–Trinajstić information content (AvgIpc) is 2.78. The Labute approximate surface area is 179 Å². The van der Waals surface area contributed by atoms with Crippen LogP contribution in [-0.2, 0) is 10.0 Å². The van der Waals surface area contributed by atoms with Crippen LogP contribution in [0.3, 0.4) is 0 Å². The van der Waals surface area contributed by atoms with Crippen LogP contribution in [0, 0.1) is 0 Å². The van der Waals surface area contributed by atoms with Gasteiger partial charge in [-0.05, 0) is 67.8 Å². The molecule has 0 radical (unpaired) electrons. The van der Waals surface area contributed by atoms with Crippen LogP contribution >= 0.6 is 0 Å². The van der Waals surface area contributed by atoms with E-state index in [1.54, 1.807) is 6.92 Å². The van der Waals surface area contributed by atoms with Crippen molar-refractivity contribution < 1.29 is 26.7 Å². The van der Waals surface area contributed by atoms with E-state index in [9.17, 15) is 22.0 Å². The van der Waals surface area contributed by atoms with E-state index >= 15 is 0 Å². The Morgan fingerprint density at radius 1 is 1.06 bits per heavy atom. The van der Waals surface area contributed by atoms with Gasteiger partial charge >= 0.3 is 6.61 Å². The van der Waals surface area contributed by atoms with Crippen molar-refractivity contribution in [3.63, 3.8) is 0 Å². The Hall–Kier alpha value is -2.85. The summed E-state index contributed by atoms with van der Waals surface area (Å²) in [6.07, 6.45) is 2.65. The Morgan fingerprint density at radius 3 is 2.39 bits per heavy atom. The zero-order valence-corrected chi connectivity index (χ0v) is 17.7. The molecule has 7 nitrogen and oxygen atoms in total. The molecule has 2 aromatic rings. The summed E-state index contributed by atoms with van der Waals surface area (Å²) >= 11 is 0. The number of carbonyl (C=O) groups is 1. The summed E-state index contributed by atoms with van der Waals surface area (Å²) in [6, 6.07) is 11.6. The van der Waals surface area contributed by atoms with Crippen LogP contribution in [0.5, 0.6) is 5.75 Å². The number of rotatable bonds is 7. The Bertz CT molecular complexity index is 1050. The van der Waals surface area contributed by atoms with Crippen molar-refractivity contribution >= 4 is 21.6 Å². The monoisotopic (exact) mass is 451 g/mol. The average molecular weight is 451 g/mol. The molecule has 0 bridgehead atoms. The van der Waals surface area contributed by atoms with E-state index in [4.69, 9.17) is 0 Å². The van der Waals surface area contributed by atoms with Crippen molar-refractivity contribution in [3.05, 3.63) is 59.7 Å². The first-order valence-corrected chi connectivity index (χ1v) is 11.2. The number of piperidine rings is 1. The van der Waals surface area contributed by atoms with E-state index in [1.165, 1.54) is 52.8 Å². The summed E-state index contributed by atoms with van der Waals surface area (Å²) in [5.74, 6) is -0.546. The minimum atomic E-state index is -3.65. The summed E-state index contributed by atoms with van der Waals surface area (Å²) in [7, 11) is -3.65. The van der Waals surface area contributed by atoms with Crippen LogP contribution in [0.2, 0.25) is 0 Å². The summed E-state index contributed by atoms with van der Waals surface area (Å²) < 4.78 is 55.8. The van der Waals surface area contributed by atoms with Crippen molar-refractivity contribution in [2.24, 2.45) is 5.10 Å². The van der Waals surface area contributed by atoms with Gasteiger partial charge in [-0.25, -0.2) is 13.8 Å². The molecule has 3 rings (SSSR count). The predicted octanol–water partition coefficient (Wildman–Crippen LogP) is 3.62. The van der Waals surface area contributed by atoms with Crippen molar-refractivity contribution in [1.82, 2.24) is 9.73 Å². The molecule has 1 fully saturated rings. The van der Waals surface area contributed by atoms with Gasteiger partial charge in [0.2, 0.25) is 10.0 Å². The SMILES string of the molecule is CC(=NNC(=O)c1cccc(S(=O)(=O)N2CCCCC2)c1)c1ccc(OC(F)F)cc1. The number of nitrogens with one attached hydrogen (secondary N) is 1. The second-order valence-electron chi connectivity index (χ2n) is 7.03. The van der Waals surface area contributed by atoms with Crippen LogP contribution in [0.4, 0.5) is 8.78 Å². The third-order valence-electron chi connectivity index (χ3n) is 4.87. The lowest BCUT2D eigenvalue weighted by atomic mass is 10.1. The molecule has 1 aliphatic heterocycles. The van der Waals surface area contributed by atoms with Gasteiger partial charge in [0.25, 0.3) is 5.91 Å². The molecular formula is C21H23F2N3O4S. The number of alkyl halides is 2. The number of hydrazone groups is 1. The Morgan fingerprint density at radius 2 is 1.74 bits per heavy atom. The quantitative estimate of drug-likeness (QED) is 0.515. The van der Waals surface area contributed by atoms with Crippen LogP contribution in [-0.4, -0.2) is 44.0 Å². The van der Waals surface area contributed by atoms with Gasteiger partial charge < -0.3 is 4.74 Å². The molecule has 2 aromatic carbocycles. The van der Waals surface area contributed by atoms with Gasteiger partial charge in [-0.1, -0.05) is 12.5 Å². The standard InChI is InChI=1S/C21H23F2N3O4S/c1-15(16-8-10-18(11-9-16)30-21(22)23)24-25-20(27)17-6-5-7-19(14-17)31(28,29)26-12-3-2-4-13-26/h5-11,14,21H,2-4,12-13H2,1H3,(H,25,27). The van der Waals surface area contributed by atoms with Crippen LogP contribution in [0.25, 0.3) is 0 Å². The molecule has 1 saturated heterocycles. The maximum Gasteiger partial charge on any atom is 0.387 e. The third-order valence-corrected chi connectivity index (χ3v) is 6.77. The zero-order chi connectivity index (χ0) is 22.4. The molecule has 0 unspecified atom stereocenters. The summed E-state index contributed by atoms with van der Waals surface area (Å²) in [6.45, 7) is -0.317. The first kappa shape index (κ1) is 22.8. The van der Waals surface area contributed by atoms with E-state index in [0.717, 1.165) is 19.3 Å². The van der Waals surface area contributed by atoms with Crippen molar-refractivity contribution in [1.29, 1.82) is 0 Å². The maximum atomic E-state index is 12.8. The number of sulfonamides is 1. The van der Waals surface area contributed by atoms with E-state index in [0.29, 0.717) is 24.4 Å². The van der Waals surface area contributed by atoms with Gasteiger partial charge in [0.05, 0.1) is 10.6 Å². The van der Waals surface area contributed by atoms with E-state index in [2.05, 4.69) is 15.3 Å². The second-order valence-corrected chi connectivity index (χ2v) is 8.97. The molecule has 0 aliphatic carbocycles. The number of carbonyl (C=O) groups excluding carboxylic acids is 1. The first-order valence-electron chi connectivity index (χ1n) is 9.77. The number of benzene rings is 2. The zero-order valence-electron chi connectivity index (χ0n) is 16.9. The van der Waals surface area contributed by atoms with Gasteiger partial charge in [0.15, 0.2) is 0 Å². The lowest BCUT2D eigenvalue weighted by Gasteiger charge is -2.25. The molecule has 0 spiro atoms. The highest BCUT2D eigenvalue weighted by Gasteiger charge is 2.26. The number of nitrogens with zero attached hydrogens (tertiary/aromatic N) is 2. The fraction of sp³-hybridized carbons (Fsp3) is 0.333. The lowest BCUT2D eigenvalue weighted by molar-refractivity contribution is -0.0498. The highest BCUT2D eigenvalue weighted by molar-refractivity contribution is 7.89. The first-order chi connectivity index (χ1) is 14.8. The van der Waals surface area contributed by atoms with Crippen molar-refractivity contribution in [3.8, 4) is 5.75 Å². The number of ether oxygens (including phenoxy) is 1. The summed E-state index contributed by atoms with van der Waals surface area (Å²) in [4.78, 5) is 12.5. The summed E-state index contributed by atoms with van der Waals surface area (Å²) in [5, 5.41) is 4.01. The van der Waals surface area contributed by atoms with E-state index in [1.807, 2.05) is 0 Å². The molecule has 1 aliphatic rings. The van der Waals surface area contributed by atoms with Crippen molar-refractivity contribution in [2.45, 2.75) is 37.7 Å². The van der Waals surface area contributed by atoms with Crippen LogP contribution in [0.15, 0.2) is 58.5 Å². The highest BCUT2D eigenvalue weighted by atomic mass is 32.2. The number of hydrogen-bond acceptors (Lipinski definition) is 5. The maximum absolute atomic E-state index is 12.8. The molecule has 166 valence electrons. The molecule has 1 heterocycles. The molecule has 0 atom stereocenters. The van der Waals surface area contributed by atoms with Gasteiger partial charge in [0.1, 0.15) is 5.75 Å². The Kier molecular flexibility index (Phi) is 7.34. The molecule has 1 N–H and O–H groups in total. The van der Waals surface area contributed by atoms with Crippen molar-refractivity contribution in [2.75, 3.05) is 13.1 Å². The molecular weight excluding hydrogens is 428 g/mol. The van der Waals surface area contributed by atoms with Gasteiger partial charge in [-0.15, -0.1) is 0 Å². The molecule has 0 saturated carbocycles. The highest BCUT2D eigenvalue weighted by Crippen LogP contribution is 2.21. The normalized spacial score (nSPS) is 15.7. The Balaban J connectivity index is 1.69. The minimum absolute atomic E-state index is 0.0160. The number of amides is 1. The van der Waals surface area contributed by atoms with Crippen LogP contribution < -0.4 is 10.2 Å². The second kappa shape index (κ2) is 9.97. The summed E-state index contributed by atoms with van der Waals surface area (Å²) in [5.41, 5.74) is 3.59. The largest absolute Gasteiger partial charge is 0.435 e. The molecule has 31 heavy (non-hydrogen) atoms.